The molecule has 0 bridgehead atoms. The summed E-state index contributed by atoms with van der Waals surface area (Å²) in [6.07, 6.45) is 0.545. The Morgan fingerprint density at radius 1 is 1.03 bits per heavy atom. The summed E-state index contributed by atoms with van der Waals surface area (Å²) >= 11 is 5.49. The molecule has 3 aromatic carbocycles. The number of carbonyl (C=O) groups excluding carboxylic acids is 2. The predicted molar refractivity (Wildman–Crippen MR) is 135 cm³/mol. The van der Waals surface area contributed by atoms with Crippen molar-refractivity contribution in [3.63, 3.8) is 0 Å². The number of benzene rings is 3. The zero-order valence-corrected chi connectivity index (χ0v) is 19.7. The van der Waals surface area contributed by atoms with Crippen LogP contribution in [-0.4, -0.2) is 27.9 Å². The van der Waals surface area contributed by atoms with Gasteiger partial charge in [-0.05, 0) is 85.6 Å². The molecule has 0 aliphatic carbocycles. The number of aromatic amines is 1. The summed E-state index contributed by atoms with van der Waals surface area (Å²) < 4.78 is 1.75. The minimum absolute atomic E-state index is 0.242. The zero-order chi connectivity index (χ0) is 24.4. The van der Waals surface area contributed by atoms with Crippen LogP contribution in [0.15, 0.2) is 65.5 Å². The Morgan fingerprint density at radius 2 is 1.79 bits per heavy atom. The van der Waals surface area contributed by atoms with Gasteiger partial charge in [0.25, 0.3) is 11.5 Å². The first kappa shape index (κ1) is 23.1. The van der Waals surface area contributed by atoms with Crippen molar-refractivity contribution < 1.29 is 9.59 Å². The number of aryl methyl sites for hydroxylation is 1. The highest BCUT2D eigenvalue weighted by Gasteiger charge is 2.13. The number of primary amides is 1. The van der Waals surface area contributed by atoms with Gasteiger partial charge in [0.1, 0.15) is 0 Å². The van der Waals surface area contributed by atoms with Gasteiger partial charge in [-0.3, -0.25) is 19.0 Å². The van der Waals surface area contributed by atoms with Crippen LogP contribution in [-0.2, 0) is 6.42 Å². The van der Waals surface area contributed by atoms with Crippen LogP contribution in [0.5, 0.6) is 0 Å². The number of nitrogens with two attached hydrogens (primary N) is 1. The molecule has 0 saturated heterocycles. The van der Waals surface area contributed by atoms with E-state index in [0.717, 1.165) is 22.4 Å². The number of rotatable bonds is 6. The van der Waals surface area contributed by atoms with Gasteiger partial charge in [-0.2, -0.15) is 0 Å². The zero-order valence-electron chi connectivity index (χ0n) is 18.8. The summed E-state index contributed by atoms with van der Waals surface area (Å²) in [5, 5.41) is 3.30. The molecule has 0 unspecified atom stereocenters. The smallest absolute Gasteiger partial charge is 0.266 e. The van der Waals surface area contributed by atoms with Crippen LogP contribution < -0.4 is 16.6 Å². The molecule has 2 amide bonds. The van der Waals surface area contributed by atoms with Crippen molar-refractivity contribution in [1.82, 2.24) is 14.9 Å². The Hall–Kier alpha value is -4.04. The molecule has 0 spiro atoms. The lowest BCUT2D eigenvalue weighted by Crippen LogP contribution is -2.26. The number of fused-ring (bicyclic) bond motifs is 1. The second-order valence-corrected chi connectivity index (χ2v) is 8.51. The second kappa shape index (κ2) is 9.44. The standard InChI is InChI=1S/C26H24N4O3S/c1-15-5-3-8-22(16(15)2)30-25(33)20-10-9-19(14-21(20)29-26(30)34)24(32)28-12-11-17-6-4-7-18(13-17)23(27)31/h3-10,13-14H,11-12H2,1-2H3,(H2,27,31)(H,28,32)(H,29,34). The first-order chi connectivity index (χ1) is 16.3. The van der Waals surface area contributed by atoms with Crippen molar-refractivity contribution in [1.29, 1.82) is 0 Å². The maximum absolute atomic E-state index is 13.2. The van der Waals surface area contributed by atoms with E-state index in [0.29, 0.717) is 35.0 Å². The van der Waals surface area contributed by atoms with Crippen LogP contribution in [0.3, 0.4) is 0 Å². The Bertz CT molecular complexity index is 1550. The lowest BCUT2D eigenvalue weighted by atomic mass is 10.1. The average Bonchev–Trinajstić information content (AvgIpc) is 2.81. The van der Waals surface area contributed by atoms with E-state index in [2.05, 4.69) is 10.3 Å². The Balaban J connectivity index is 1.57. The van der Waals surface area contributed by atoms with Crippen LogP contribution in [0.4, 0.5) is 0 Å². The molecular formula is C26H24N4O3S. The van der Waals surface area contributed by atoms with Gasteiger partial charge in [-0.1, -0.05) is 24.3 Å². The van der Waals surface area contributed by atoms with Gasteiger partial charge in [0.05, 0.1) is 16.6 Å². The van der Waals surface area contributed by atoms with E-state index in [1.165, 1.54) is 4.57 Å². The summed E-state index contributed by atoms with van der Waals surface area (Å²) in [6, 6.07) is 17.6. The van der Waals surface area contributed by atoms with Crippen molar-refractivity contribution in [2.45, 2.75) is 20.3 Å². The Kier molecular flexibility index (Phi) is 6.43. The lowest BCUT2D eigenvalue weighted by molar-refractivity contribution is 0.0952. The van der Waals surface area contributed by atoms with Crippen LogP contribution in [0.1, 0.15) is 37.4 Å². The number of amides is 2. The van der Waals surface area contributed by atoms with E-state index in [-0.39, 0.29) is 16.2 Å². The van der Waals surface area contributed by atoms with Crippen LogP contribution in [0.2, 0.25) is 0 Å². The van der Waals surface area contributed by atoms with Crippen molar-refractivity contribution in [2.24, 2.45) is 5.73 Å². The molecule has 34 heavy (non-hydrogen) atoms. The van der Waals surface area contributed by atoms with E-state index >= 15 is 0 Å². The Labute approximate surface area is 201 Å². The van der Waals surface area contributed by atoms with E-state index in [1.54, 1.807) is 36.4 Å². The van der Waals surface area contributed by atoms with E-state index in [9.17, 15) is 14.4 Å². The highest BCUT2D eigenvalue weighted by molar-refractivity contribution is 7.71. The van der Waals surface area contributed by atoms with E-state index in [4.69, 9.17) is 18.0 Å². The van der Waals surface area contributed by atoms with Gasteiger partial charge in [0.15, 0.2) is 4.77 Å². The van der Waals surface area contributed by atoms with Gasteiger partial charge >= 0.3 is 0 Å². The SMILES string of the molecule is Cc1cccc(-n2c(=S)[nH]c3cc(C(=O)NCCc4cccc(C(N)=O)c4)ccc3c2=O)c1C. The molecule has 4 rings (SSSR count). The fourth-order valence-electron chi connectivity index (χ4n) is 3.86. The van der Waals surface area contributed by atoms with E-state index in [1.807, 2.05) is 38.1 Å². The summed E-state index contributed by atoms with van der Waals surface area (Å²) in [4.78, 5) is 40.3. The highest BCUT2D eigenvalue weighted by atomic mass is 32.1. The number of nitrogens with zero attached hydrogens (tertiary/aromatic N) is 1. The fourth-order valence-corrected chi connectivity index (χ4v) is 4.15. The summed E-state index contributed by atoms with van der Waals surface area (Å²) in [5.41, 5.74) is 10.1. The second-order valence-electron chi connectivity index (χ2n) is 8.12. The maximum atomic E-state index is 13.2. The van der Waals surface area contributed by atoms with Crippen molar-refractivity contribution in [3.8, 4) is 5.69 Å². The van der Waals surface area contributed by atoms with Gasteiger partial charge in [-0.15, -0.1) is 0 Å². The average molecular weight is 473 g/mol. The monoisotopic (exact) mass is 472 g/mol. The lowest BCUT2D eigenvalue weighted by Gasteiger charge is -2.13. The molecule has 4 N–H and O–H groups in total. The quantitative estimate of drug-likeness (QED) is 0.371. The number of aromatic nitrogens is 2. The van der Waals surface area contributed by atoms with E-state index < -0.39 is 5.91 Å². The molecule has 0 aliphatic rings. The van der Waals surface area contributed by atoms with Crippen LogP contribution in [0, 0.1) is 18.6 Å². The van der Waals surface area contributed by atoms with Crippen molar-refractivity contribution in [3.05, 3.63) is 104 Å². The van der Waals surface area contributed by atoms with Crippen LogP contribution >= 0.6 is 12.2 Å². The Morgan fingerprint density at radius 3 is 2.56 bits per heavy atom. The van der Waals surface area contributed by atoms with Gasteiger partial charge in [0.2, 0.25) is 5.91 Å². The summed E-state index contributed by atoms with van der Waals surface area (Å²) in [7, 11) is 0. The van der Waals surface area contributed by atoms with Gasteiger partial charge < -0.3 is 16.0 Å². The number of nitrogens with one attached hydrogen (secondary N) is 2. The van der Waals surface area contributed by atoms with Crippen molar-refractivity contribution >= 4 is 34.9 Å². The molecule has 0 saturated carbocycles. The highest BCUT2D eigenvalue weighted by Crippen LogP contribution is 2.18. The largest absolute Gasteiger partial charge is 0.366 e. The minimum atomic E-state index is -0.490. The van der Waals surface area contributed by atoms with Gasteiger partial charge in [0, 0.05) is 17.7 Å². The maximum Gasteiger partial charge on any atom is 0.266 e. The molecule has 0 fully saturated rings. The number of H-pyrrole nitrogens is 1. The molecule has 0 aliphatic heterocycles. The van der Waals surface area contributed by atoms with Gasteiger partial charge in [-0.25, -0.2) is 0 Å². The molecule has 4 aromatic rings. The minimum Gasteiger partial charge on any atom is -0.366 e. The topological polar surface area (TPSA) is 110 Å². The molecule has 8 heteroatoms. The molecule has 172 valence electrons. The third kappa shape index (κ3) is 4.53. The predicted octanol–water partition coefficient (Wildman–Crippen LogP) is 3.74. The molecule has 0 radical (unpaired) electrons. The number of hydrogen-bond acceptors (Lipinski definition) is 4. The molecular weight excluding hydrogens is 448 g/mol. The normalized spacial score (nSPS) is 10.9. The third-order valence-electron chi connectivity index (χ3n) is 5.89. The summed E-state index contributed by atoms with van der Waals surface area (Å²) in [6.45, 7) is 4.31. The van der Waals surface area contributed by atoms with Crippen molar-refractivity contribution in [2.75, 3.05) is 6.54 Å². The molecule has 0 atom stereocenters. The first-order valence-electron chi connectivity index (χ1n) is 10.8. The third-order valence-corrected chi connectivity index (χ3v) is 6.17. The number of hydrogen-bond donors (Lipinski definition) is 3. The molecule has 7 nitrogen and oxygen atoms in total. The summed E-state index contributed by atoms with van der Waals surface area (Å²) in [5.74, 6) is -0.762. The number of carbonyl (C=O) groups is 2. The first-order valence-corrected chi connectivity index (χ1v) is 11.2. The van der Waals surface area contributed by atoms with Crippen LogP contribution in [0.25, 0.3) is 16.6 Å². The fraction of sp³-hybridized carbons (Fsp3) is 0.154. The molecule has 1 aromatic heterocycles. The molecule has 1 heterocycles.